The molecule has 1 fully saturated rings. The highest BCUT2D eigenvalue weighted by Crippen LogP contribution is 2.18. The Labute approximate surface area is 117 Å². The zero-order valence-corrected chi connectivity index (χ0v) is 12.1. The van der Waals surface area contributed by atoms with E-state index in [1.165, 1.54) is 10.9 Å². The van der Waals surface area contributed by atoms with Gasteiger partial charge in [-0.05, 0) is 13.3 Å². The normalized spacial score (nSPS) is 21.0. The van der Waals surface area contributed by atoms with E-state index in [1.54, 1.807) is 4.90 Å². The number of likely N-dealkylation sites (N-methyl/N-ethyl adjacent to an activating group) is 1. The van der Waals surface area contributed by atoms with Gasteiger partial charge in [0, 0.05) is 12.6 Å². The molecule has 0 aliphatic carbocycles. The number of aliphatic hydroxyl groups excluding tert-OH is 1. The first kappa shape index (κ1) is 14.9. The maximum Gasteiger partial charge on any atom is 0.244 e. The fourth-order valence-corrected chi connectivity index (χ4v) is 4.11. The molecule has 0 saturated carbocycles. The Kier molecular flexibility index (Phi) is 4.39. The average molecular weight is 302 g/mol. The monoisotopic (exact) mass is 302 g/mol. The lowest BCUT2D eigenvalue weighted by Gasteiger charge is -2.26. The summed E-state index contributed by atoms with van der Waals surface area (Å²) < 4.78 is 24.3. The van der Waals surface area contributed by atoms with E-state index < -0.39 is 9.84 Å². The van der Waals surface area contributed by atoms with Gasteiger partial charge in [0.25, 0.3) is 0 Å². The van der Waals surface area contributed by atoms with Crippen LogP contribution < -0.4 is 0 Å². The van der Waals surface area contributed by atoms with Gasteiger partial charge >= 0.3 is 0 Å². The van der Waals surface area contributed by atoms with Crippen molar-refractivity contribution in [3.05, 3.63) is 11.9 Å². The largest absolute Gasteiger partial charge is 0.390 e. The predicted molar refractivity (Wildman–Crippen MR) is 70.4 cm³/mol. The minimum Gasteiger partial charge on any atom is -0.390 e. The minimum absolute atomic E-state index is 0.00259. The molecule has 1 unspecified atom stereocenters. The maximum absolute atomic E-state index is 12.2. The smallest absolute Gasteiger partial charge is 0.244 e. The van der Waals surface area contributed by atoms with E-state index in [1.807, 2.05) is 6.92 Å². The Hall–Kier alpha value is -1.48. The molecule has 1 N–H and O–H groups in total. The third kappa shape index (κ3) is 3.34. The highest BCUT2D eigenvalue weighted by atomic mass is 32.2. The Morgan fingerprint density at radius 1 is 1.60 bits per heavy atom. The number of carbonyl (C=O) groups excluding carboxylic acids is 1. The van der Waals surface area contributed by atoms with Crippen molar-refractivity contribution in [3.63, 3.8) is 0 Å². The van der Waals surface area contributed by atoms with Crippen LogP contribution in [0.5, 0.6) is 0 Å². The van der Waals surface area contributed by atoms with Gasteiger partial charge in [0.05, 0.1) is 24.3 Å². The average Bonchev–Trinajstić information content (AvgIpc) is 2.97. The first-order chi connectivity index (χ1) is 9.45. The van der Waals surface area contributed by atoms with Crippen LogP contribution in [0.4, 0.5) is 0 Å². The van der Waals surface area contributed by atoms with Crippen LogP contribution in [0, 0.1) is 0 Å². The van der Waals surface area contributed by atoms with Crippen LogP contribution in [0.3, 0.4) is 0 Å². The third-order valence-electron chi connectivity index (χ3n) is 3.36. The van der Waals surface area contributed by atoms with Crippen LogP contribution in [-0.4, -0.2) is 63.4 Å². The van der Waals surface area contributed by atoms with Crippen molar-refractivity contribution >= 4 is 15.7 Å². The summed E-state index contributed by atoms with van der Waals surface area (Å²) in [7, 11) is -3.02. The maximum atomic E-state index is 12.2. The summed E-state index contributed by atoms with van der Waals surface area (Å²) >= 11 is 0. The standard InChI is InChI=1S/C11H18N4O4S/c1-2-15(10-3-4-20(18,19)8-10)11(17)6-14-5-9(7-16)12-13-14/h5,10,16H,2-4,6-8H2,1H3. The number of aromatic nitrogens is 3. The number of aliphatic hydroxyl groups is 1. The van der Waals surface area contributed by atoms with Crippen LogP contribution in [0.15, 0.2) is 6.20 Å². The molecular weight excluding hydrogens is 284 g/mol. The van der Waals surface area contributed by atoms with Gasteiger partial charge in [-0.1, -0.05) is 5.21 Å². The van der Waals surface area contributed by atoms with Gasteiger partial charge in [0.15, 0.2) is 9.84 Å². The number of rotatable bonds is 5. The zero-order chi connectivity index (χ0) is 14.8. The number of hydrogen-bond donors (Lipinski definition) is 1. The summed E-state index contributed by atoms with van der Waals surface area (Å²) in [4.78, 5) is 13.8. The SMILES string of the molecule is CCN(C(=O)Cn1cc(CO)nn1)C1CCS(=O)(=O)C1. The highest BCUT2D eigenvalue weighted by molar-refractivity contribution is 7.91. The van der Waals surface area contributed by atoms with Gasteiger partial charge in [0.2, 0.25) is 5.91 Å². The van der Waals surface area contributed by atoms with Crippen LogP contribution in [0.1, 0.15) is 19.0 Å². The summed E-state index contributed by atoms with van der Waals surface area (Å²) in [5.41, 5.74) is 0.393. The van der Waals surface area contributed by atoms with E-state index >= 15 is 0 Å². The lowest BCUT2D eigenvalue weighted by molar-refractivity contribution is -0.133. The Bertz CT molecular complexity index is 583. The Balaban J connectivity index is 2.02. The molecule has 0 spiro atoms. The molecule has 1 aliphatic heterocycles. The summed E-state index contributed by atoms with van der Waals surface area (Å²) in [6, 6.07) is -0.252. The van der Waals surface area contributed by atoms with Crippen molar-refractivity contribution in [1.29, 1.82) is 0 Å². The van der Waals surface area contributed by atoms with Crippen molar-refractivity contribution < 1.29 is 18.3 Å². The molecule has 8 nitrogen and oxygen atoms in total. The molecule has 0 radical (unpaired) electrons. The fourth-order valence-electron chi connectivity index (χ4n) is 2.38. The highest BCUT2D eigenvalue weighted by Gasteiger charge is 2.33. The molecule has 1 saturated heterocycles. The Morgan fingerprint density at radius 3 is 2.85 bits per heavy atom. The molecular formula is C11H18N4O4S. The van der Waals surface area contributed by atoms with E-state index in [-0.39, 0.29) is 36.6 Å². The van der Waals surface area contributed by atoms with Crippen LogP contribution >= 0.6 is 0 Å². The van der Waals surface area contributed by atoms with Crippen molar-refractivity contribution in [1.82, 2.24) is 19.9 Å². The van der Waals surface area contributed by atoms with E-state index in [0.717, 1.165) is 0 Å². The molecule has 1 atom stereocenters. The molecule has 1 aromatic heterocycles. The van der Waals surface area contributed by atoms with E-state index in [2.05, 4.69) is 10.3 Å². The second kappa shape index (κ2) is 5.88. The topological polar surface area (TPSA) is 105 Å². The Morgan fingerprint density at radius 2 is 2.35 bits per heavy atom. The van der Waals surface area contributed by atoms with Crippen LogP contribution in [0.25, 0.3) is 0 Å². The lowest BCUT2D eigenvalue weighted by Crippen LogP contribution is -2.42. The van der Waals surface area contributed by atoms with Gasteiger partial charge < -0.3 is 10.0 Å². The zero-order valence-electron chi connectivity index (χ0n) is 11.3. The van der Waals surface area contributed by atoms with Gasteiger partial charge in [-0.15, -0.1) is 5.10 Å². The predicted octanol–water partition coefficient (Wildman–Crippen LogP) is -1.19. The minimum atomic E-state index is -3.02. The summed E-state index contributed by atoms with van der Waals surface area (Å²) in [6.45, 7) is 2.05. The number of sulfone groups is 1. The molecule has 1 aromatic rings. The van der Waals surface area contributed by atoms with Gasteiger partial charge in [-0.2, -0.15) is 0 Å². The van der Waals surface area contributed by atoms with Crippen LogP contribution in [0.2, 0.25) is 0 Å². The lowest BCUT2D eigenvalue weighted by atomic mass is 10.2. The number of nitrogens with zero attached hydrogens (tertiary/aromatic N) is 4. The first-order valence-corrected chi connectivity index (χ1v) is 8.27. The second-order valence-corrected chi connectivity index (χ2v) is 7.03. The van der Waals surface area contributed by atoms with Crippen molar-refractivity contribution in [2.45, 2.75) is 32.5 Å². The number of amides is 1. The third-order valence-corrected chi connectivity index (χ3v) is 5.11. The second-order valence-electron chi connectivity index (χ2n) is 4.80. The fraction of sp³-hybridized carbons (Fsp3) is 0.727. The van der Waals surface area contributed by atoms with Gasteiger partial charge in [-0.25, -0.2) is 13.1 Å². The van der Waals surface area contributed by atoms with Crippen LogP contribution in [-0.2, 0) is 27.8 Å². The molecule has 2 rings (SSSR count). The molecule has 9 heteroatoms. The van der Waals surface area contributed by atoms with Gasteiger partial charge in [-0.3, -0.25) is 4.79 Å². The summed E-state index contributed by atoms with van der Waals surface area (Å²) in [6.07, 6.45) is 1.98. The first-order valence-electron chi connectivity index (χ1n) is 6.45. The molecule has 112 valence electrons. The molecule has 1 aliphatic rings. The number of carbonyl (C=O) groups is 1. The molecule has 0 aromatic carbocycles. The summed E-state index contributed by atoms with van der Waals surface area (Å²) in [5, 5.41) is 16.3. The van der Waals surface area contributed by atoms with Crippen molar-refractivity contribution in [2.75, 3.05) is 18.1 Å². The molecule has 2 heterocycles. The van der Waals surface area contributed by atoms with Gasteiger partial charge in [0.1, 0.15) is 12.2 Å². The number of hydrogen-bond acceptors (Lipinski definition) is 6. The quantitative estimate of drug-likeness (QED) is 0.733. The van der Waals surface area contributed by atoms with Crippen molar-refractivity contribution in [2.24, 2.45) is 0 Å². The molecule has 1 amide bonds. The van der Waals surface area contributed by atoms with E-state index in [9.17, 15) is 13.2 Å². The molecule has 0 bridgehead atoms. The summed E-state index contributed by atoms with van der Waals surface area (Å²) in [5.74, 6) is -0.0189. The van der Waals surface area contributed by atoms with Crippen molar-refractivity contribution in [3.8, 4) is 0 Å². The van der Waals surface area contributed by atoms with E-state index in [4.69, 9.17) is 5.11 Å². The van der Waals surface area contributed by atoms with E-state index in [0.29, 0.717) is 18.7 Å². The molecule has 20 heavy (non-hydrogen) atoms.